The number of carboxylic acid groups (broad SMARTS) is 1. The summed E-state index contributed by atoms with van der Waals surface area (Å²) in [5.74, 6) is -0.852. The average molecular weight is 370 g/mol. The Hall–Kier alpha value is -2.64. The van der Waals surface area contributed by atoms with Crippen molar-refractivity contribution < 1.29 is 14.6 Å². The highest BCUT2D eigenvalue weighted by Gasteiger charge is 2.07. The average Bonchev–Trinajstić information content (AvgIpc) is 2.65. The quantitative estimate of drug-likeness (QED) is 0.613. The first kappa shape index (κ1) is 18.2. The van der Waals surface area contributed by atoms with Crippen LogP contribution in [0.5, 0.6) is 0 Å². The summed E-state index contributed by atoms with van der Waals surface area (Å²) in [5.41, 5.74) is 1.50. The minimum absolute atomic E-state index is 0.0257. The number of ether oxygens (including phenoxy) is 1. The van der Waals surface area contributed by atoms with Crippen LogP contribution in [0.2, 0.25) is 0 Å². The molecule has 0 spiro atoms. The number of carbonyl (C=O) groups is 1. The van der Waals surface area contributed by atoms with Crippen LogP contribution in [0.1, 0.15) is 18.4 Å². The Kier molecular flexibility index (Phi) is 6.04. The largest absolute Gasteiger partial charge is 0.481 e. The summed E-state index contributed by atoms with van der Waals surface area (Å²) in [7, 11) is 0. The van der Waals surface area contributed by atoms with Crippen LogP contribution in [0, 0.1) is 0 Å². The van der Waals surface area contributed by atoms with E-state index in [-0.39, 0.29) is 18.6 Å². The lowest BCUT2D eigenvalue weighted by molar-refractivity contribution is -0.138. The summed E-state index contributed by atoms with van der Waals surface area (Å²) >= 11 is 1.45. The summed E-state index contributed by atoms with van der Waals surface area (Å²) < 4.78 is 6.16. The smallest absolute Gasteiger partial charge is 0.305 e. The van der Waals surface area contributed by atoms with E-state index in [1.165, 1.54) is 11.3 Å². The molecule has 1 aromatic carbocycles. The highest BCUT2D eigenvalue weighted by atomic mass is 32.1. The molecule has 0 amide bonds. The Labute approximate surface area is 154 Å². The first-order chi connectivity index (χ1) is 12.6. The van der Waals surface area contributed by atoms with Crippen molar-refractivity contribution in [3.63, 3.8) is 0 Å². The second kappa shape index (κ2) is 8.64. The van der Waals surface area contributed by atoms with Crippen molar-refractivity contribution in [1.29, 1.82) is 0 Å². The van der Waals surface area contributed by atoms with E-state index >= 15 is 0 Å². The van der Waals surface area contributed by atoms with Gasteiger partial charge in [0.1, 0.15) is 5.01 Å². The van der Waals surface area contributed by atoms with Crippen molar-refractivity contribution in [2.45, 2.75) is 19.3 Å². The zero-order valence-corrected chi connectivity index (χ0v) is 14.9. The van der Waals surface area contributed by atoms with Gasteiger partial charge in [-0.05, 0) is 36.6 Å². The predicted octanol–water partition coefficient (Wildman–Crippen LogP) is 3.14. The molecular weight excluding hydrogens is 352 g/mol. The van der Waals surface area contributed by atoms with Gasteiger partial charge >= 0.3 is 5.97 Å². The molecule has 0 saturated heterocycles. The van der Waals surface area contributed by atoms with Crippen molar-refractivity contribution in [2.75, 3.05) is 13.2 Å². The SMILES string of the molecule is O=C(O)CCOCCCc1ccc(-c2nc(=O)c3ccccc3s2)nc1. The Morgan fingerprint density at radius 2 is 2.00 bits per heavy atom. The van der Waals surface area contributed by atoms with Crippen LogP contribution in [0.3, 0.4) is 0 Å². The Morgan fingerprint density at radius 1 is 1.15 bits per heavy atom. The van der Waals surface area contributed by atoms with Crippen molar-refractivity contribution >= 4 is 27.4 Å². The molecule has 0 aliphatic rings. The van der Waals surface area contributed by atoms with Gasteiger partial charge in [0.25, 0.3) is 5.56 Å². The van der Waals surface area contributed by atoms with Crippen LogP contribution in [-0.4, -0.2) is 34.3 Å². The molecule has 26 heavy (non-hydrogen) atoms. The third-order valence-corrected chi connectivity index (χ3v) is 4.86. The van der Waals surface area contributed by atoms with Crippen molar-refractivity contribution in [3.8, 4) is 10.7 Å². The van der Waals surface area contributed by atoms with Gasteiger partial charge in [-0.2, -0.15) is 4.98 Å². The van der Waals surface area contributed by atoms with Gasteiger partial charge in [-0.3, -0.25) is 14.6 Å². The number of aryl methyl sites for hydroxylation is 1. The second-order valence-corrected chi connectivity index (χ2v) is 6.76. The molecule has 2 heterocycles. The van der Waals surface area contributed by atoms with Crippen LogP contribution in [0.15, 0.2) is 47.4 Å². The van der Waals surface area contributed by atoms with E-state index in [9.17, 15) is 9.59 Å². The van der Waals surface area contributed by atoms with Gasteiger partial charge in [-0.15, -0.1) is 11.3 Å². The molecule has 0 aliphatic heterocycles. The van der Waals surface area contributed by atoms with E-state index in [1.54, 1.807) is 12.3 Å². The fraction of sp³-hybridized carbons (Fsp3) is 0.263. The van der Waals surface area contributed by atoms with E-state index in [0.717, 1.165) is 23.1 Å². The summed E-state index contributed by atoms with van der Waals surface area (Å²) in [6, 6.07) is 11.2. The number of aromatic nitrogens is 2. The molecule has 0 bridgehead atoms. The number of rotatable bonds is 8. The second-order valence-electron chi connectivity index (χ2n) is 5.73. The van der Waals surface area contributed by atoms with Gasteiger partial charge < -0.3 is 9.84 Å². The number of nitrogens with zero attached hydrogens (tertiary/aromatic N) is 2. The minimum Gasteiger partial charge on any atom is -0.481 e. The minimum atomic E-state index is -0.852. The number of carboxylic acids is 1. The van der Waals surface area contributed by atoms with E-state index in [2.05, 4.69) is 9.97 Å². The third-order valence-electron chi connectivity index (χ3n) is 3.79. The third kappa shape index (κ3) is 4.71. The normalized spacial score (nSPS) is 10.9. The Balaban J connectivity index is 1.61. The predicted molar refractivity (Wildman–Crippen MR) is 101 cm³/mol. The molecule has 0 fully saturated rings. The first-order valence-corrected chi connectivity index (χ1v) is 9.10. The highest BCUT2D eigenvalue weighted by Crippen LogP contribution is 2.24. The van der Waals surface area contributed by atoms with Crippen LogP contribution < -0.4 is 5.56 Å². The van der Waals surface area contributed by atoms with E-state index < -0.39 is 5.97 Å². The lowest BCUT2D eigenvalue weighted by Gasteiger charge is -2.05. The maximum absolute atomic E-state index is 12.1. The van der Waals surface area contributed by atoms with Gasteiger partial charge in [0, 0.05) is 17.5 Å². The molecule has 1 N–H and O–H groups in total. The summed E-state index contributed by atoms with van der Waals surface area (Å²) in [5, 5.41) is 9.77. The number of pyridine rings is 1. The fourth-order valence-electron chi connectivity index (χ4n) is 2.46. The molecule has 3 aromatic rings. The molecule has 0 atom stereocenters. The van der Waals surface area contributed by atoms with Crippen molar-refractivity contribution in [3.05, 3.63) is 58.5 Å². The fourth-order valence-corrected chi connectivity index (χ4v) is 3.43. The van der Waals surface area contributed by atoms with Gasteiger partial charge in [-0.25, -0.2) is 0 Å². The highest BCUT2D eigenvalue weighted by molar-refractivity contribution is 7.21. The lowest BCUT2D eigenvalue weighted by atomic mass is 10.1. The van der Waals surface area contributed by atoms with E-state index in [1.807, 2.05) is 30.3 Å². The zero-order valence-electron chi connectivity index (χ0n) is 14.1. The van der Waals surface area contributed by atoms with Crippen molar-refractivity contribution in [2.24, 2.45) is 0 Å². The first-order valence-electron chi connectivity index (χ1n) is 8.28. The van der Waals surface area contributed by atoms with Gasteiger partial charge in [0.15, 0.2) is 0 Å². The standard InChI is InChI=1S/C19H18N2O4S/c22-17(23)9-11-25-10-3-4-13-7-8-15(20-12-13)19-21-18(24)14-5-1-2-6-16(14)26-19/h1-2,5-8,12H,3-4,9-11H2,(H,22,23). The summed E-state index contributed by atoms with van der Waals surface area (Å²) in [4.78, 5) is 31.1. The van der Waals surface area contributed by atoms with Crippen molar-refractivity contribution in [1.82, 2.24) is 9.97 Å². The van der Waals surface area contributed by atoms with E-state index in [4.69, 9.17) is 9.84 Å². The van der Waals surface area contributed by atoms with Gasteiger partial charge in [0.05, 0.1) is 24.1 Å². The van der Waals surface area contributed by atoms with E-state index in [0.29, 0.717) is 22.7 Å². The molecule has 0 saturated carbocycles. The Bertz CT molecular complexity index is 954. The zero-order chi connectivity index (χ0) is 18.4. The molecule has 134 valence electrons. The maximum atomic E-state index is 12.1. The molecule has 2 aromatic heterocycles. The summed E-state index contributed by atoms with van der Waals surface area (Å²) in [6.07, 6.45) is 3.39. The number of fused-ring (bicyclic) bond motifs is 1. The van der Waals surface area contributed by atoms with Crippen LogP contribution in [-0.2, 0) is 16.0 Å². The Morgan fingerprint density at radius 3 is 2.77 bits per heavy atom. The number of benzene rings is 1. The molecule has 0 radical (unpaired) electrons. The van der Waals surface area contributed by atoms with Crippen LogP contribution >= 0.6 is 11.3 Å². The topological polar surface area (TPSA) is 89.4 Å². The molecular formula is C19H18N2O4S. The lowest BCUT2D eigenvalue weighted by Crippen LogP contribution is -2.06. The summed E-state index contributed by atoms with van der Waals surface area (Å²) in [6.45, 7) is 0.752. The molecule has 3 rings (SSSR count). The molecule has 0 unspecified atom stereocenters. The maximum Gasteiger partial charge on any atom is 0.305 e. The molecule has 7 heteroatoms. The number of aliphatic carboxylic acids is 1. The monoisotopic (exact) mass is 370 g/mol. The van der Waals surface area contributed by atoms with Crippen LogP contribution in [0.4, 0.5) is 0 Å². The van der Waals surface area contributed by atoms with Gasteiger partial charge in [0.2, 0.25) is 0 Å². The number of hydrogen-bond acceptors (Lipinski definition) is 6. The van der Waals surface area contributed by atoms with Crippen LogP contribution in [0.25, 0.3) is 20.8 Å². The molecule has 0 aliphatic carbocycles. The van der Waals surface area contributed by atoms with Gasteiger partial charge in [-0.1, -0.05) is 18.2 Å². The molecule has 6 nitrogen and oxygen atoms in total. The number of hydrogen-bond donors (Lipinski definition) is 1.